The maximum atomic E-state index is 12.6. The molecule has 0 saturated carbocycles. The largest absolute Gasteiger partial charge is 0.469 e. The molecule has 3 aromatic heterocycles. The molecule has 0 unspecified atom stereocenters. The lowest BCUT2D eigenvalue weighted by Crippen LogP contribution is -2.03. The number of ether oxygens (including phenoxy) is 1. The van der Waals surface area contributed by atoms with Crippen molar-refractivity contribution in [2.24, 2.45) is 0 Å². The van der Waals surface area contributed by atoms with E-state index in [1.165, 1.54) is 18.5 Å². The first-order valence-corrected chi connectivity index (χ1v) is 8.69. The summed E-state index contributed by atoms with van der Waals surface area (Å²) in [6, 6.07) is 8.30. The van der Waals surface area contributed by atoms with Crippen LogP contribution in [-0.2, 0) is 12.8 Å². The van der Waals surface area contributed by atoms with Gasteiger partial charge in [0.2, 0.25) is 5.88 Å². The minimum Gasteiger partial charge on any atom is -0.469 e. The molecule has 0 aliphatic carbocycles. The number of halogens is 3. The summed E-state index contributed by atoms with van der Waals surface area (Å²) in [6.07, 6.45) is -2.94. The second-order valence-electron chi connectivity index (χ2n) is 5.80. The van der Waals surface area contributed by atoms with Gasteiger partial charge in [-0.25, -0.2) is 9.97 Å². The lowest BCUT2D eigenvalue weighted by molar-refractivity contribution is -0.137. The average Bonchev–Trinajstić information content (AvgIpc) is 3.25. The Morgan fingerprint density at radius 3 is 2.63 bits per heavy atom. The summed E-state index contributed by atoms with van der Waals surface area (Å²) in [4.78, 5) is 10.3. The predicted molar refractivity (Wildman–Crippen MR) is 93.4 cm³/mol. The monoisotopic (exact) mass is 391 g/mol. The molecule has 0 N–H and O–H groups in total. The Morgan fingerprint density at radius 1 is 1.11 bits per heavy atom. The van der Waals surface area contributed by atoms with Crippen molar-refractivity contribution in [3.8, 4) is 17.1 Å². The molecule has 3 heterocycles. The third-order valence-corrected chi connectivity index (χ3v) is 4.79. The summed E-state index contributed by atoms with van der Waals surface area (Å²) in [6.45, 7) is 2.07. The van der Waals surface area contributed by atoms with E-state index in [0.29, 0.717) is 22.9 Å². The molecule has 0 aliphatic rings. The number of rotatable bonds is 4. The number of nitrogens with zero attached hydrogens (tertiary/aromatic N) is 3. The maximum Gasteiger partial charge on any atom is 0.416 e. The van der Waals surface area contributed by atoms with Crippen LogP contribution < -0.4 is 4.74 Å². The van der Waals surface area contributed by atoms with Crippen molar-refractivity contribution in [3.63, 3.8) is 0 Å². The first-order chi connectivity index (χ1) is 12.9. The molecule has 0 radical (unpaired) electrons. The van der Waals surface area contributed by atoms with Crippen LogP contribution in [0.5, 0.6) is 5.88 Å². The van der Waals surface area contributed by atoms with Gasteiger partial charge in [-0.05, 0) is 25.1 Å². The zero-order valence-corrected chi connectivity index (χ0v) is 14.8. The van der Waals surface area contributed by atoms with E-state index in [1.807, 2.05) is 13.0 Å². The van der Waals surface area contributed by atoms with Crippen molar-refractivity contribution in [2.75, 3.05) is 0 Å². The number of alkyl halides is 3. The van der Waals surface area contributed by atoms with Gasteiger partial charge in [-0.1, -0.05) is 17.3 Å². The van der Waals surface area contributed by atoms with Gasteiger partial charge < -0.3 is 9.26 Å². The molecule has 0 saturated heterocycles. The van der Waals surface area contributed by atoms with Crippen LogP contribution in [0.2, 0.25) is 0 Å². The first kappa shape index (κ1) is 17.5. The Labute approximate surface area is 155 Å². The van der Waals surface area contributed by atoms with E-state index >= 15 is 0 Å². The van der Waals surface area contributed by atoms with E-state index in [4.69, 9.17) is 9.26 Å². The molecular formula is C18H12F3N3O2S. The van der Waals surface area contributed by atoms with Crippen molar-refractivity contribution in [2.45, 2.75) is 19.7 Å². The highest BCUT2D eigenvalue weighted by molar-refractivity contribution is 7.18. The van der Waals surface area contributed by atoms with Crippen LogP contribution in [0.1, 0.15) is 16.2 Å². The number of benzene rings is 1. The summed E-state index contributed by atoms with van der Waals surface area (Å²) in [5.41, 5.74) is 0.245. The van der Waals surface area contributed by atoms with Crippen LogP contribution >= 0.6 is 11.3 Å². The quantitative estimate of drug-likeness (QED) is 0.475. The van der Waals surface area contributed by atoms with Crippen LogP contribution in [-0.4, -0.2) is 15.1 Å². The molecule has 4 aromatic rings. The lowest BCUT2D eigenvalue weighted by Gasteiger charge is -2.06. The Hall–Kier alpha value is -2.94. The van der Waals surface area contributed by atoms with E-state index in [-0.39, 0.29) is 6.61 Å². The highest BCUT2D eigenvalue weighted by Gasteiger charge is 2.30. The summed E-state index contributed by atoms with van der Waals surface area (Å²) >= 11 is 1.55. The second-order valence-corrected chi connectivity index (χ2v) is 7.03. The third kappa shape index (κ3) is 3.63. The number of hydrogen-bond acceptors (Lipinski definition) is 6. The SMILES string of the molecule is Cc1cc2c(OCc3cc(-c4ccc(C(F)(F)F)cc4)no3)ncnc2s1. The van der Waals surface area contributed by atoms with Gasteiger partial charge in [-0.2, -0.15) is 13.2 Å². The highest BCUT2D eigenvalue weighted by Crippen LogP contribution is 2.31. The molecule has 1 aromatic carbocycles. The average molecular weight is 391 g/mol. The fourth-order valence-corrected chi connectivity index (χ4v) is 3.39. The minimum atomic E-state index is -4.37. The van der Waals surface area contributed by atoms with Crippen molar-refractivity contribution in [1.29, 1.82) is 0 Å². The van der Waals surface area contributed by atoms with E-state index in [1.54, 1.807) is 17.4 Å². The van der Waals surface area contributed by atoms with E-state index in [2.05, 4.69) is 15.1 Å². The van der Waals surface area contributed by atoms with Crippen LogP contribution in [0.15, 0.2) is 47.2 Å². The van der Waals surface area contributed by atoms with Gasteiger partial charge in [-0.15, -0.1) is 11.3 Å². The van der Waals surface area contributed by atoms with Crippen LogP contribution in [0.3, 0.4) is 0 Å². The molecule has 27 heavy (non-hydrogen) atoms. The topological polar surface area (TPSA) is 61.0 Å². The van der Waals surface area contributed by atoms with Gasteiger partial charge in [0, 0.05) is 16.5 Å². The molecule has 0 atom stereocenters. The fraction of sp³-hybridized carbons (Fsp3) is 0.167. The fourth-order valence-electron chi connectivity index (χ4n) is 2.56. The Morgan fingerprint density at radius 2 is 1.89 bits per heavy atom. The van der Waals surface area contributed by atoms with Gasteiger partial charge in [0.05, 0.1) is 10.9 Å². The molecule has 0 aliphatic heterocycles. The lowest BCUT2D eigenvalue weighted by atomic mass is 10.1. The summed E-state index contributed by atoms with van der Waals surface area (Å²) in [7, 11) is 0. The minimum absolute atomic E-state index is 0.0919. The Kier molecular flexibility index (Phi) is 4.31. The number of aromatic nitrogens is 3. The zero-order chi connectivity index (χ0) is 19.0. The van der Waals surface area contributed by atoms with E-state index < -0.39 is 11.7 Å². The Bertz CT molecular complexity index is 1090. The van der Waals surface area contributed by atoms with Crippen molar-refractivity contribution < 1.29 is 22.4 Å². The van der Waals surface area contributed by atoms with Crippen LogP contribution in [0, 0.1) is 6.92 Å². The van der Waals surface area contributed by atoms with Gasteiger partial charge in [-0.3, -0.25) is 0 Å². The molecule has 0 fully saturated rings. The predicted octanol–water partition coefficient (Wildman–Crippen LogP) is 5.25. The van der Waals surface area contributed by atoms with Gasteiger partial charge in [0.15, 0.2) is 12.4 Å². The van der Waals surface area contributed by atoms with Gasteiger partial charge in [0.1, 0.15) is 16.9 Å². The molecule has 4 rings (SSSR count). The molecular weight excluding hydrogens is 379 g/mol. The van der Waals surface area contributed by atoms with Gasteiger partial charge in [0.25, 0.3) is 0 Å². The normalized spacial score (nSPS) is 11.9. The molecule has 0 amide bonds. The number of hydrogen-bond donors (Lipinski definition) is 0. The number of aryl methyl sites for hydroxylation is 1. The van der Waals surface area contributed by atoms with Crippen molar-refractivity contribution in [1.82, 2.24) is 15.1 Å². The zero-order valence-electron chi connectivity index (χ0n) is 13.9. The van der Waals surface area contributed by atoms with Crippen LogP contribution in [0.25, 0.3) is 21.5 Å². The molecule has 0 spiro atoms. The Balaban J connectivity index is 1.49. The summed E-state index contributed by atoms with van der Waals surface area (Å²) in [5, 5.41) is 4.71. The standard InChI is InChI=1S/C18H12F3N3O2S/c1-10-6-14-16(22-9-23-17(14)27-10)25-8-13-7-15(24-26-13)11-2-4-12(5-3-11)18(19,20)21/h2-7,9H,8H2,1H3. The summed E-state index contributed by atoms with van der Waals surface area (Å²) in [5.74, 6) is 0.875. The van der Waals surface area contributed by atoms with E-state index in [0.717, 1.165) is 27.2 Å². The maximum absolute atomic E-state index is 12.6. The highest BCUT2D eigenvalue weighted by atomic mass is 32.1. The third-order valence-electron chi connectivity index (χ3n) is 3.83. The molecule has 5 nitrogen and oxygen atoms in total. The summed E-state index contributed by atoms with van der Waals surface area (Å²) < 4.78 is 48.8. The molecule has 138 valence electrons. The van der Waals surface area contributed by atoms with Crippen LogP contribution in [0.4, 0.5) is 13.2 Å². The molecule has 9 heteroatoms. The molecule has 0 bridgehead atoms. The first-order valence-electron chi connectivity index (χ1n) is 7.87. The van der Waals surface area contributed by atoms with Crippen molar-refractivity contribution in [3.05, 3.63) is 58.9 Å². The van der Waals surface area contributed by atoms with Gasteiger partial charge >= 0.3 is 6.18 Å². The van der Waals surface area contributed by atoms with E-state index in [9.17, 15) is 13.2 Å². The number of fused-ring (bicyclic) bond motifs is 1. The van der Waals surface area contributed by atoms with Crippen molar-refractivity contribution >= 4 is 21.6 Å². The second kappa shape index (κ2) is 6.66. The smallest absolute Gasteiger partial charge is 0.416 e. The number of thiophene rings is 1.